The van der Waals surface area contributed by atoms with Gasteiger partial charge in [0.05, 0.1) is 18.4 Å². The maximum Gasteiger partial charge on any atom is 0.418 e. The molecule has 1 amide bonds. The first-order valence-electron chi connectivity index (χ1n) is 7.05. The number of carbonyl (C=O) groups excluding carboxylic acids is 2. The highest BCUT2D eigenvalue weighted by Crippen LogP contribution is 2.36. The fraction of sp³-hybridized carbons (Fsp3) is 0.188. The molecule has 0 fully saturated rings. The molecule has 0 saturated heterocycles. The number of nitrogens with zero attached hydrogens (tertiary/aromatic N) is 1. The summed E-state index contributed by atoms with van der Waals surface area (Å²) in [5.74, 6) is -1.86. The smallest absolute Gasteiger partial charge is 0.418 e. The molecule has 1 heterocycles. The van der Waals surface area contributed by atoms with Crippen LogP contribution in [0.25, 0.3) is 0 Å². The summed E-state index contributed by atoms with van der Waals surface area (Å²) < 4.78 is 48.6. The third kappa shape index (κ3) is 4.85. The third-order valence-electron chi connectivity index (χ3n) is 3.08. The SMILES string of the molecule is COc1ncccc1C(=O)OCC(=O)Nc1ccc(Cl)cc1C(F)(F)F. The number of ether oxygens (including phenoxy) is 2. The molecule has 1 N–H and O–H groups in total. The van der Waals surface area contributed by atoms with Gasteiger partial charge in [-0.25, -0.2) is 9.78 Å². The van der Waals surface area contributed by atoms with Gasteiger partial charge in [0.15, 0.2) is 6.61 Å². The maximum atomic E-state index is 13.0. The average Bonchev–Trinajstić information content (AvgIpc) is 2.60. The first kappa shape index (κ1) is 19.5. The Morgan fingerprint density at radius 3 is 2.65 bits per heavy atom. The van der Waals surface area contributed by atoms with Gasteiger partial charge in [0, 0.05) is 11.2 Å². The van der Waals surface area contributed by atoms with Crippen molar-refractivity contribution in [2.75, 3.05) is 19.0 Å². The van der Waals surface area contributed by atoms with E-state index in [4.69, 9.17) is 21.1 Å². The second kappa shape index (κ2) is 8.05. The molecule has 6 nitrogen and oxygen atoms in total. The number of pyridine rings is 1. The van der Waals surface area contributed by atoms with Crippen molar-refractivity contribution in [1.82, 2.24) is 4.98 Å². The molecular formula is C16H12ClF3N2O4. The van der Waals surface area contributed by atoms with Crippen LogP contribution in [0.2, 0.25) is 5.02 Å². The van der Waals surface area contributed by atoms with E-state index in [1.54, 1.807) is 0 Å². The Balaban J connectivity index is 2.05. The zero-order valence-electron chi connectivity index (χ0n) is 13.3. The number of nitrogens with one attached hydrogen (secondary N) is 1. The van der Waals surface area contributed by atoms with Gasteiger partial charge in [-0.15, -0.1) is 0 Å². The van der Waals surface area contributed by atoms with Gasteiger partial charge in [0.25, 0.3) is 5.91 Å². The van der Waals surface area contributed by atoms with Crippen LogP contribution in [-0.4, -0.2) is 30.6 Å². The van der Waals surface area contributed by atoms with Crippen molar-refractivity contribution in [3.8, 4) is 5.88 Å². The summed E-state index contributed by atoms with van der Waals surface area (Å²) in [6.45, 7) is -0.795. The molecule has 0 spiro atoms. The van der Waals surface area contributed by atoms with E-state index in [0.29, 0.717) is 6.07 Å². The first-order valence-corrected chi connectivity index (χ1v) is 7.43. The fourth-order valence-electron chi connectivity index (χ4n) is 1.96. The molecule has 2 aromatic rings. The molecule has 0 unspecified atom stereocenters. The highest BCUT2D eigenvalue weighted by molar-refractivity contribution is 6.30. The third-order valence-corrected chi connectivity index (χ3v) is 3.31. The lowest BCUT2D eigenvalue weighted by molar-refractivity contribution is -0.137. The van der Waals surface area contributed by atoms with Crippen LogP contribution < -0.4 is 10.1 Å². The van der Waals surface area contributed by atoms with E-state index in [2.05, 4.69) is 4.98 Å². The van der Waals surface area contributed by atoms with Crippen molar-refractivity contribution in [2.24, 2.45) is 0 Å². The number of rotatable bonds is 5. The number of hydrogen-bond acceptors (Lipinski definition) is 5. The van der Waals surface area contributed by atoms with Crippen molar-refractivity contribution < 1.29 is 32.2 Å². The van der Waals surface area contributed by atoms with E-state index in [1.807, 2.05) is 5.32 Å². The van der Waals surface area contributed by atoms with Gasteiger partial charge in [0.1, 0.15) is 5.56 Å². The summed E-state index contributed by atoms with van der Waals surface area (Å²) in [4.78, 5) is 27.6. The monoisotopic (exact) mass is 388 g/mol. The van der Waals surface area contributed by atoms with Crippen LogP contribution in [0.5, 0.6) is 5.88 Å². The van der Waals surface area contributed by atoms with Crippen molar-refractivity contribution in [3.05, 3.63) is 52.7 Å². The second-order valence-corrected chi connectivity index (χ2v) is 5.31. The number of amides is 1. The number of benzene rings is 1. The molecule has 0 saturated carbocycles. The highest BCUT2D eigenvalue weighted by atomic mass is 35.5. The minimum Gasteiger partial charge on any atom is -0.480 e. The van der Waals surface area contributed by atoms with Crippen LogP contribution in [0.4, 0.5) is 18.9 Å². The number of anilines is 1. The molecule has 2 rings (SSSR count). The Hall–Kier alpha value is -2.81. The van der Waals surface area contributed by atoms with E-state index >= 15 is 0 Å². The Morgan fingerprint density at radius 2 is 2.00 bits per heavy atom. The van der Waals surface area contributed by atoms with E-state index in [-0.39, 0.29) is 16.5 Å². The molecule has 138 valence electrons. The van der Waals surface area contributed by atoms with E-state index < -0.39 is 35.9 Å². The topological polar surface area (TPSA) is 77.5 Å². The number of carbonyl (C=O) groups is 2. The Labute approximate surface area is 150 Å². The lowest BCUT2D eigenvalue weighted by atomic mass is 10.1. The highest BCUT2D eigenvalue weighted by Gasteiger charge is 2.34. The molecular weight excluding hydrogens is 377 g/mol. The summed E-state index contributed by atoms with van der Waals surface area (Å²) in [7, 11) is 1.30. The fourth-order valence-corrected chi connectivity index (χ4v) is 2.14. The Kier molecular flexibility index (Phi) is 6.04. The summed E-state index contributed by atoms with van der Waals surface area (Å²) in [5, 5.41) is 1.90. The minimum absolute atomic E-state index is 0.00466. The van der Waals surface area contributed by atoms with E-state index in [0.717, 1.165) is 6.07 Å². The quantitative estimate of drug-likeness (QED) is 0.792. The second-order valence-electron chi connectivity index (χ2n) is 4.87. The summed E-state index contributed by atoms with van der Waals surface area (Å²) in [6.07, 6.45) is -3.32. The average molecular weight is 389 g/mol. The molecule has 1 aromatic carbocycles. The van der Waals surface area contributed by atoms with Crippen LogP contribution in [0.15, 0.2) is 36.5 Å². The summed E-state index contributed by atoms with van der Waals surface area (Å²) >= 11 is 5.56. The van der Waals surface area contributed by atoms with Crippen LogP contribution in [0.1, 0.15) is 15.9 Å². The van der Waals surface area contributed by atoms with Crippen molar-refractivity contribution in [3.63, 3.8) is 0 Å². The molecule has 10 heteroatoms. The molecule has 1 aromatic heterocycles. The molecule has 0 atom stereocenters. The van der Waals surface area contributed by atoms with Gasteiger partial charge in [0.2, 0.25) is 5.88 Å². The van der Waals surface area contributed by atoms with E-state index in [9.17, 15) is 22.8 Å². The zero-order chi connectivity index (χ0) is 19.3. The lowest BCUT2D eigenvalue weighted by Gasteiger charge is -2.14. The lowest BCUT2D eigenvalue weighted by Crippen LogP contribution is -2.23. The zero-order valence-corrected chi connectivity index (χ0v) is 14.0. The van der Waals surface area contributed by atoms with E-state index in [1.165, 1.54) is 31.5 Å². The van der Waals surface area contributed by atoms with Crippen molar-refractivity contribution in [2.45, 2.75) is 6.18 Å². The van der Waals surface area contributed by atoms with Gasteiger partial charge in [-0.3, -0.25) is 4.79 Å². The molecule has 0 aliphatic carbocycles. The molecule has 0 radical (unpaired) electrons. The predicted octanol–water partition coefficient (Wildman–Crippen LogP) is 3.56. The number of halogens is 4. The number of esters is 1. The van der Waals surface area contributed by atoms with Crippen molar-refractivity contribution in [1.29, 1.82) is 0 Å². The van der Waals surface area contributed by atoms with Crippen LogP contribution in [0.3, 0.4) is 0 Å². The molecule has 0 bridgehead atoms. The normalized spacial score (nSPS) is 11.0. The number of hydrogen-bond donors (Lipinski definition) is 1. The summed E-state index contributed by atoms with van der Waals surface area (Å²) in [6, 6.07) is 5.72. The number of aromatic nitrogens is 1. The number of methoxy groups -OCH3 is 1. The number of alkyl halides is 3. The largest absolute Gasteiger partial charge is 0.480 e. The Bertz CT molecular complexity index is 827. The van der Waals surface area contributed by atoms with Gasteiger partial charge >= 0.3 is 12.1 Å². The standard InChI is InChI=1S/C16H12ClF3N2O4/c1-25-14-10(3-2-6-21-14)15(24)26-8-13(23)22-12-5-4-9(17)7-11(12)16(18,19)20/h2-7H,8H2,1H3,(H,22,23). The van der Waals surface area contributed by atoms with Gasteiger partial charge in [-0.2, -0.15) is 13.2 Å². The van der Waals surface area contributed by atoms with Crippen molar-refractivity contribution >= 4 is 29.2 Å². The van der Waals surface area contributed by atoms with Crippen LogP contribution >= 0.6 is 11.6 Å². The minimum atomic E-state index is -4.72. The summed E-state index contributed by atoms with van der Waals surface area (Å²) in [5.41, 5.74) is -1.63. The van der Waals surface area contributed by atoms with Gasteiger partial charge < -0.3 is 14.8 Å². The van der Waals surface area contributed by atoms with Gasteiger partial charge in [-0.05, 0) is 30.3 Å². The molecule has 26 heavy (non-hydrogen) atoms. The maximum absolute atomic E-state index is 13.0. The molecule has 0 aliphatic rings. The van der Waals surface area contributed by atoms with Gasteiger partial charge in [-0.1, -0.05) is 11.6 Å². The molecule has 0 aliphatic heterocycles. The first-order chi connectivity index (χ1) is 12.2. The Morgan fingerprint density at radius 1 is 1.27 bits per heavy atom. The van der Waals surface area contributed by atoms with Crippen LogP contribution in [-0.2, 0) is 15.7 Å². The predicted molar refractivity (Wildman–Crippen MR) is 86.2 cm³/mol. The van der Waals surface area contributed by atoms with Crippen LogP contribution in [0, 0.1) is 0 Å².